The molecule has 4 rings (SSSR count). The fourth-order valence-electron chi connectivity index (χ4n) is 2.83. The lowest BCUT2D eigenvalue weighted by Crippen LogP contribution is -2.25. The number of nitrogens with one attached hydrogen (secondary N) is 3. The van der Waals surface area contributed by atoms with Gasteiger partial charge in [0.1, 0.15) is 12.4 Å². The molecular weight excluding hydrogens is 449 g/mol. The standard InChI is InChI=1S/C22H19ClN5O3P/c1-32(31)17-4-2-3-14(11-17)21(30)27-19-18(23)12-24-22(28-19)26-16-7-5-13(6-8-16)20(29)25-15-9-10-15/h2-8,11-12,15H,1,9-10H2,(H,25,29)(H2,24,26,27,28,30). The van der Waals surface area contributed by atoms with Gasteiger partial charge in [0.05, 0.1) is 6.20 Å². The summed E-state index contributed by atoms with van der Waals surface area (Å²) in [5.74, 6) is -0.214. The molecule has 1 unspecified atom stereocenters. The summed E-state index contributed by atoms with van der Waals surface area (Å²) in [7, 11) is -1.81. The molecule has 3 aromatic rings. The first kappa shape index (κ1) is 21.7. The second kappa shape index (κ2) is 9.34. The molecule has 162 valence electrons. The molecule has 1 atom stereocenters. The van der Waals surface area contributed by atoms with Gasteiger partial charge in [-0.1, -0.05) is 17.7 Å². The number of anilines is 3. The Morgan fingerprint density at radius 1 is 1.06 bits per heavy atom. The van der Waals surface area contributed by atoms with Gasteiger partial charge in [0.25, 0.3) is 11.8 Å². The molecule has 32 heavy (non-hydrogen) atoms. The lowest BCUT2D eigenvalue weighted by Gasteiger charge is -2.10. The molecule has 2 amide bonds. The van der Waals surface area contributed by atoms with Crippen LogP contribution in [-0.2, 0) is 4.57 Å². The van der Waals surface area contributed by atoms with Crippen LogP contribution >= 0.6 is 19.0 Å². The molecule has 3 N–H and O–H groups in total. The zero-order valence-corrected chi connectivity index (χ0v) is 18.5. The minimum atomic E-state index is -1.81. The number of amides is 2. The molecule has 1 aliphatic carbocycles. The Labute approximate surface area is 189 Å². The van der Waals surface area contributed by atoms with Gasteiger partial charge in [0.2, 0.25) is 5.95 Å². The van der Waals surface area contributed by atoms with Crippen LogP contribution in [0.4, 0.5) is 17.5 Å². The van der Waals surface area contributed by atoms with E-state index in [1.165, 1.54) is 12.3 Å². The molecule has 0 spiro atoms. The van der Waals surface area contributed by atoms with Crippen LogP contribution in [0.2, 0.25) is 5.02 Å². The van der Waals surface area contributed by atoms with Crippen molar-refractivity contribution in [1.29, 1.82) is 0 Å². The van der Waals surface area contributed by atoms with Gasteiger partial charge in [0, 0.05) is 28.2 Å². The molecule has 1 fully saturated rings. The fourth-order valence-corrected chi connectivity index (χ4v) is 3.50. The van der Waals surface area contributed by atoms with Crippen LogP contribution < -0.4 is 21.3 Å². The van der Waals surface area contributed by atoms with Gasteiger partial charge in [0.15, 0.2) is 5.82 Å². The Bertz CT molecular complexity index is 1250. The molecule has 0 radical (unpaired) electrons. The minimum Gasteiger partial charge on any atom is -0.349 e. The van der Waals surface area contributed by atoms with E-state index in [1.54, 1.807) is 42.5 Å². The predicted octanol–water partition coefficient (Wildman–Crippen LogP) is 3.90. The summed E-state index contributed by atoms with van der Waals surface area (Å²) >= 11 is 6.15. The van der Waals surface area contributed by atoms with E-state index in [9.17, 15) is 14.2 Å². The summed E-state index contributed by atoms with van der Waals surface area (Å²) in [6.07, 6.45) is 6.92. The number of hydrogen-bond acceptors (Lipinski definition) is 6. The minimum absolute atomic E-state index is 0.0979. The number of aromatic nitrogens is 2. The van der Waals surface area contributed by atoms with E-state index in [2.05, 4.69) is 32.2 Å². The van der Waals surface area contributed by atoms with Crippen molar-refractivity contribution in [2.45, 2.75) is 18.9 Å². The lowest BCUT2D eigenvalue weighted by atomic mass is 10.2. The van der Waals surface area contributed by atoms with E-state index in [-0.39, 0.29) is 22.7 Å². The van der Waals surface area contributed by atoms with Crippen molar-refractivity contribution in [3.8, 4) is 0 Å². The smallest absolute Gasteiger partial charge is 0.256 e. The number of rotatable bonds is 7. The van der Waals surface area contributed by atoms with Crippen LogP contribution in [0.15, 0.2) is 54.7 Å². The molecule has 1 aliphatic rings. The molecular formula is C22H19ClN5O3P. The lowest BCUT2D eigenvalue weighted by molar-refractivity contribution is 0.0950. The van der Waals surface area contributed by atoms with Gasteiger partial charge >= 0.3 is 0 Å². The zero-order valence-electron chi connectivity index (χ0n) is 16.8. The SMILES string of the molecule is C=P(=O)c1cccc(C(=O)Nc2nc(Nc3ccc(C(=O)NC4CC4)cc3)ncc2Cl)c1. The Hall–Kier alpha value is -3.48. The molecule has 0 bridgehead atoms. The number of halogens is 1. The van der Waals surface area contributed by atoms with E-state index in [0.29, 0.717) is 28.2 Å². The molecule has 10 heteroatoms. The highest BCUT2D eigenvalue weighted by molar-refractivity contribution is 7.51. The third kappa shape index (κ3) is 5.41. The number of benzene rings is 2. The van der Waals surface area contributed by atoms with Gasteiger partial charge in [-0.25, -0.2) is 4.98 Å². The van der Waals surface area contributed by atoms with Crippen molar-refractivity contribution in [2.24, 2.45) is 0 Å². The summed E-state index contributed by atoms with van der Waals surface area (Å²) in [6.45, 7) is 0. The largest absolute Gasteiger partial charge is 0.349 e. The van der Waals surface area contributed by atoms with E-state index in [1.807, 2.05) is 0 Å². The van der Waals surface area contributed by atoms with Crippen molar-refractivity contribution >= 4 is 59.9 Å². The van der Waals surface area contributed by atoms with E-state index in [0.717, 1.165) is 12.8 Å². The van der Waals surface area contributed by atoms with Crippen LogP contribution in [0.1, 0.15) is 33.6 Å². The molecule has 1 heterocycles. The second-order valence-corrected chi connectivity index (χ2v) is 8.90. The summed E-state index contributed by atoms with van der Waals surface area (Å²) in [6, 6.07) is 13.6. The molecule has 0 aliphatic heterocycles. The highest BCUT2D eigenvalue weighted by Gasteiger charge is 2.23. The van der Waals surface area contributed by atoms with Crippen molar-refractivity contribution in [1.82, 2.24) is 15.3 Å². The van der Waals surface area contributed by atoms with Crippen molar-refractivity contribution < 1.29 is 14.2 Å². The topological polar surface area (TPSA) is 113 Å². The zero-order chi connectivity index (χ0) is 22.7. The first-order valence-electron chi connectivity index (χ1n) is 9.79. The van der Waals surface area contributed by atoms with Crippen LogP contribution in [0.3, 0.4) is 0 Å². The molecule has 1 aromatic heterocycles. The predicted molar refractivity (Wildman–Crippen MR) is 126 cm³/mol. The third-order valence-corrected chi connectivity index (χ3v) is 5.82. The Morgan fingerprint density at radius 2 is 1.81 bits per heavy atom. The summed E-state index contributed by atoms with van der Waals surface area (Å²) in [4.78, 5) is 33.1. The van der Waals surface area contributed by atoms with Crippen molar-refractivity contribution in [3.63, 3.8) is 0 Å². The monoisotopic (exact) mass is 467 g/mol. The third-order valence-electron chi connectivity index (χ3n) is 4.69. The number of nitrogens with zero attached hydrogens (tertiary/aromatic N) is 2. The van der Waals surface area contributed by atoms with Crippen LogP contribution in [0, 0.1) is 0 Å². The maximum atomic E-state index is 12.6. The molecule has 8 nitrogen and oxygen atoms in total. The molecule has 1 saturated carbocycles. The Morgan fingerprint density at radius 3 is 2.50 bits per heavy atom. The van der Waals surface area contributed by atoms with Crippen molar-refractivity contribution in [2.75, 3.05) is 10.6 Å². The number of carbonyl (C=O) groups excluding carboxylic acids is 2. The van der Waals surface area contributed by atoms with Crippen LogP contribution in [0.5, 0.6) is 0 Å². The first-order valence-corrected chi connectivity index (χ1v) is 11.6. The summed E-state index contributed by atoms with van der Waals surface area (Å²) in [5, 5.41) is 9.22. The van der Waals surface area contributed by atoms with Gasteiger partial charge in [-0.15, -0.1) is 0 Å². The highest BCUT2D eigenvalue weighted by atomic mass is 35.5. The van der Waals surface area contributed by atoms with Crippen LogP contribution in [-0.4, -0.2) is 34.1 Å². The van der Waals surface area contributed by atoms with Gasteiger partial charge < -0.3 is 16.0 Å². The molecule has 2 aromatic carbocycles. The quantitative estimate of drug-likeness (QED) is 0.454. The van der Waals surface area contributed by atoms with Gasteiger partial charge in [-0.05, 0) is 61.6 Å². The van der Waals surface area contributed by atoms with E-state index >= 15 is 0 Å². The highest BCUT2D eigenvalue weighted by Crippen LogP contribution is 2.23. The molecule has 0 saturated heterocycles. The number of hydrogen-bond donors (Lipinski definition) is 3. The average molecular weight is 468 g/mol. The van der Waals surface area contributed by atoms with E-state index in [4.69, 9.17) is 11.6 Å². The van der Waals surface area contributed by atoms with Gasteiger partial charge in [-0.3, -0.25) is 14.2 Å². The Balaban J connectivity index is 1.46. The fraction of sp³-hybridized carbons (Fsp3) is 0.136. The average Bonchev–Trinajstić information content (AvgIpc) is 3.60. The van der Waals surface area contributed by atoms with E-state index < -0.39 is 13.3 Å². The normalized spacial score (nSPS) is 13.2. The van der Waals surface area contributed by atoms with Crippen molar-refractivity contribution in [3.05, 3.63) is 70.9 Å². The maximum Gasteiger partial charge on any atom is 0.256 e. The summed E-state index contributed by atoms with van der Waals surface area (Å²) < 4.78 is 11.6. The Kier molecular flexibility index (Phi) is 6.35. The maximum absolute atomic E-state index is 12.6. The number of carbonyl (C=O) groups is 2. The first-order chi connectivity index (χ1) is 15.4. The summed E-state index contributed by atoms with van der Waals surface area (Å²) in [5.41, 5.74) is 1.54. The van der Waals surface area contributed by atoms with Crippen LogP contribution in [0.25, 0.3) is 0 Å². The second-order valence-electron chi connectivity index (χ2n) is 7.22. The van der Waals surface area contributed by atoms with Gasteiger partial charge in [-0.2, -0.15) is 4.98 Å².